The van der Waals surface area contributed by atoms with Gasteiger partial charge in [-0.05, 0) is 38.8 Å². The van der Waals surface area contributed by atoms with Gasteiger partial charge in [0.2, 0.25) is 11.8 Å². The molecule has 0 bridgehead atoms. The van der Waals surface area contributed by atoms with Gasteiger partial charge in [0, 0.05) is 11.8 Å². The lowest BCUT2D eigenvalue weighted by Gasteiger charge is -2.32. The van der Waals surface area contributed by atoms with Crippen molar-refractivity contribution in [2.24, 2.45) is 11.8 Å². The highest BCUT2D eigenvalue weighted by atomic mass is 16.5. The van der Waals surface area contributed by atoms with E-state index in [1.165, 1.54) is 19.3 Å². The SMILES string of the molecule is CC(NC(=O)C(C)C1CNC1)c1nc(C2CCCCC2)no1. The fraction of sp³-hybridized carbons (Fsp3) is 0.812. The maximum atomic E-state index is 12.2. The molecule has 2 atom stereocenters. The molecule has 22 heavy (non-hydrogen) atoms. The van der Waals surface area contributed by atoms with Crippen LogP contribution in [-0.4, -0.2) is 29.1 Å². The molecule has 1 saturated heterocycles. The Kier molecular flexibility index (Phi) is 4.76. The Balaban J connectivity index is 1.56. The summed E-state index contributed by atoms with van der Waals surface area (Å²) < 4.78 is 5.37. The van der Waals surface area contributed by atoms with E-state index in [2.05, 4.69) is 20.8 Å². The van der Waals surface area contributed by atoms with E-state index in [4.69, 9.17) is 4.52 Å². The number of rotatable bonds is 5. The summed E-state index contributed by atoms with van der Waals surface area (Å²) in [4.78, 5) is 16.8. The van der Waals surface area contributed by atoms with Crippen LogP contribution >= 0.6 is 0 Å². The molecule has 0 radical (unpaired) electrons. The Morgan fingerprint density at radius 2 is 2.00 bits per heavy atom. The lowest BCUT2D eigenvalue weighted by molar-refractivity contribution is -0.127. The summed E-state index contributed by atoms with van der Waals surface area (Å²) in [5.41, 5.74) is 0. The highest BCUT2D eigenvalue weighted by Gasteiger charge is 2.30. The van der Waals surface area contributed by atoms with Gasteiger partial charge in [-0.25, -0.2) is 0 Å². The van der Waals surface area contributed by atoms with E-state index in [9.17, 15) is 4.79 Å². The van der Waals surface area contributed by atoms with Crippen molar-refractivity contribution in [3.8, 4) is 0 Å². The molecule has 1 saturated carbocycles. The number of carbonyl (C=O) groups is 1. The normalized spacial score (nSPS) is 22.8. The zero-order valence-electron chi connectivity index (χ0n) is 13.5. The third-order valence-electron chi connectivity index (χ3n) is 5.09. The van der Waals surface area contributed by atoms with Gasteiger partial charge in [0.1, 0.15) is 6.04 Å². The Hall–Kier alpha value is -1.43. The monoisotopic (exact) mass is 306 g/mol. The van der Waals surface area contributed by atoms with Crippen LogP contribution in [0.15, 0.2) is 4.52 Å². The topological polar surface area (TPSA) is 80.0 Å². The molecule has 122 valence electrons. The van der Waals surface area contributed by atoms with Crippen molar-refractivity contribution in [3.05, 3.63) is 11.7 Å². The number of nitrogens with zero attached hydrogens (tertiary/aromatic N) is 2. The first kappa shape index (κ1) is 15.5. The summed E-state index contributed by atoms with van der Waals surface area (Å²) in [5.74, 6) is 2.28. The van der Waals surface area contributed by atoms with Crippen LogP contribution in [0.4, 0.5) is 0 Å². The zero-order chi connectivity index (χ0) is 15.5. The van der Waals surface area contributed by atoms with Crippen molar-refractivity contribution in [1.82, 2.24) is 20.8 Å². The van der Waals surface area contributed by atoms with E-state index >= 15 is 0 Å². The molecular formula is C16H26N4O2. The van der Waals surface area contributed by atoms with Gasteiger partial charge < -0.3 is 15.2 Å². The smallest absolute Gasteiger partial charge is 0.248 e. The second kappa shape index (κ2) is 6.77. The third kappa shape index (κ3) is 3.32. The van der Waals surface area contributed by atoms with E-state index < -0.39 is 0 Å². The van der Waals surface area contributed by atoms with Gasteiger partial charge in [-0.3, -0.25) is 4.79 Å². The molecule has 2 aliphatic rings. The van der Waals surface area contributed by atoms with Crippen molar-refractivity contribution in [1.29, 1.82) is 0 Å². The fourth-order valence-corrected chi connectivity index (χ4v) is 3.23. The zero-order valence-corrected chi connectivity index (χ0v) is 13.5. The predicted molar refractivity (Wildman–Crippen MR) is 82.2 cm³/mol. The Morgan fingerprint density at radius 1 is 1.27 bits per heavy atom. The molecule has 1 aliphatic heterocycles. The van der Waals surface area contributed by atoms with Gasteiger partial charge in [-0.15, -0.1) is 0 Å². The van der Waals surface area contributed by atoms with Crippen LogP contribution in [-0.2, 0) is 4.79 Å². The molecule has 2 heterocycles. The molecular weight excluding hydrogens is 280 g/mol. The summed E-state index contributed by atoms with van der Waals surface area (Å²) >= 11 is 0. The number of hydrogen-bond acceptors (Lipinski definition) is 5. The predicted octanol–water partition coefficient (Wildman–Crippen LogP) is 2.15. The summed E-state index contributed by atoms with van der Waals surface area (Å²) in [6.45, 7) is 5.74. The average Bonchev–Trinajstić information content (AvgIpc) is 2.96. The van der Waals surface area contributed by atoms with Crippen LogP contribution < -0.4 is 10.6 Å². The average molecular weight is 306 g/mol. The first-order valence-corrected chi connectivity index (χ1v) is 8.49. The molecule has 2 N–H and O–H groups in total. The van der Waals surface area contributed by atoms with Crippen LogP contribution in [0.5, 0.6) is 0 Å². The van der Waals surface area contributed by atoms with E-state index in [1.54, 1.807) is 0 Å². The minimum absolute atomic E-state index is 0.0180. The number of nitrogens with one attached hydrogen (secondary N) is 2. The summed E-state index contributed by atoms with van der Waals surface area (Å²) in [7, 11) is 0. The molecule has 1 aromatic rings. The van der Waals surface area contributed by atoms with Crippen molar-refractivity contribution in [2.75, 3.05) is 13.1 Å². The van der Waals surface area contributed by atoms with Crippen molar-refractivity contribution >= 4 is 5.91 Å². The molecule has 0 aromatic carbocycles. The van der Waals surface area contributed by atoms with Gasteiger partial charge >= 0.3 is 0 Å². The van der Waals surface area contributed by atoms with Gasteiger partial charge in [0.15, 0.2) is 5.82 Å². The molecule has 0 spiro atoms. The highest BCUT2D eigenvalue weighted by molar-refractivity contribution is 5.79. The van der Waals surface area contributed by atoms with Crippen LogP contribution in [0.25, 0.3) is 0 Å². The first-order chi connectivity index (χ1) is 10.6. The highest BCUT2D eigenvalue weighted by Crippen LogP contribution is 2.31. The van der Waals surface area contributed by atoms with Crippen molar-refractivity contribution in [2.45, 2.75) is 57.9 Å². The van der Waals surface area contributed by atoms with Crippen molar-refractivity contribution in [3.63, 3.8) is 0 Å². The molecule has 2 unspecified atom stereocenters. The third-order valence-corrected chi connectivity index (χ3v) is 5.09. The number of carbonyl (C=O) groups excluding carboxylic acids is 1. The van der Waals surface area contributed by atoms with Crippen LogP contribution in [0.2, 0.25) is 0 Å². The van der Waals surface area contributed by atoms with Crippen molar-refractivity contribution < 1.29 is 9.32 Å². The second-order valence-electron chi connectivity index (χ2n) is 6.76. The summed E-state index contributed by atoms with van der Waals surface area (Å²) in [6.07, 6.45) is 6.08. The van der Waals surface area contributed by atoms with E-state index in [1.807, 2.05) is 13.8 Å². The van der Waals surface area contributed by atoms with E-state index in [-0.39, 0.29) is 17.9 Å². The largest absolute Gasteiger partial charge is 0.344 e. The van der Waals surface area contributed by atoms with Gasteiger partial charge in [-0.1, -0.05) is 31.3 Å². The fourth-order valence-electron chi connectivity index (χ4n) is 3.23. The molecule has 6 heteroatoms. The quantitative estimate of drug-likeness (QED) is 0.871. The van der Waals surface area contributed by atoms with Gasteiger partial charge in [0.05, 0.1) is 0 Å². The van der Waals surface area contributed by atoms with E-state index in [0.717, 1.165) is 31.8 Å². The molecule has 1 amide bonds. The molecule has 1 aromatic heterocycles. The number of amides is 1. The Morgan fingerprint density at radius 3 is 2.64 bits per heavy atom. The van der Waals surface area contributed by atoms with Gasteiger partial charge in [-0.2, -0.15) is 4.98 Å². The maximum Gasteiger partial charge on any atom is 0.248 e. The standard InChI is InChI=1S/C16H26N4O2/c1-10(13-8-17-9-13)15(21)18-11(2)16-19-14(20-22-16)12-6-4-3-5-7-12/h10-13,17H,3-9H2,1-2H3,(H,18,21). The Bertz CT molecular complexity index is 506. The molecule has 1 aliphatic carbocycles. The second-order valence-corrected chi connectivity index (χ2v) is 6.76. The number of hydrogen-bond donors (Lipinski definition) is 2. The number of aromatic nitrogens is 2. The minimum atomic E-state index is -0.229. The van der Waals surface area contributed by atoms with Crippen LogP contribution in [0.3, 0.4) is 0 Å². The first-order valence-electron chi connectivity index (χ1n) is 8.49. The molecule has 3 rings (SSSR count). The molecule has 2 fully saturated rings. The minimum Gasteiger partial charge on any atom is -0.344 e. The molecule has 6 nitrogen and oxygen atoms in total. The van der Waals surface area contributed by atoms with E-state index in [0.29, 0.717) is 17.7 Å². The lowest BCUT2D eigenvalue weighted by Crippen LogP contribution is -2.49. The summed E-state index contributed by atoms with van der Waals surface area (Å²) in [6, 6.07) is -0.229. The lowest BCUT2D eigenvalue weighted by atomic mass is 9.88. The van der Waals surface area contributed by atoms with Gasteiger partial charge in [0.25, 0.3) is 0 Å². The summed E-state index contributed by atoms with van der Waals surface area (Å²) in [5, 5.41) is 10.3. The Labute approximate surface area is 131 Å². The maximum absolute atomic E-state index is 12.2. The van der Waals surface area contributed by atoms with Crippen LogP contribution in [0, 0.1) is 11.8 Å². The van der Waals surface area contributed by atoms with Crippen LogP contribution in [0.1, 0.15) is 69.6 Å².